The third kappa shape index (κ3) is 3.23. The van der Waals surface area contributed by atoms with Gasteiger partial charge in [0.15, 0.2) is 11.5 Å². The fourth-order valence-electron chi connectivity index (χ4n) is 1.97. The molecule has 2 rings (SSSR count). The van der Waals surface area contributed by atoms with Crippen LogP contribution in [-0.2, 0) is 0 Å². The third-order valence-corrected chi connectivity index (χ3v) is 3.63. The third-order valence-electron chi connectivity index (χ3n) is 3.05. The van der Waals surface area contributed by atoms with Crippen molar-refractivity contribution in [1.82, 2.24) is 0 Å². The molecule has 1 unspecified atom stereocenters. The minimum Gasteiger partial charge on any atom is -0.493 e. The largest absolute Gasteiger partial charge is 0.493 e. The van der Waals surface area contributed by atoms with Gasteiger partial charge < -0.3 is 14.6 Å². The molecule has 0 radical (unpaired) electrons. The average molecular weight is 331 g/mol. The Kier molecular flexibility index (Phi) is 4.93. The quantitative estimate of drug-likeness (QED) is 0.911. The average Bonchev–Trinajstić information content (AvgIpc) is 2.48. The Balaban J connectivity index is 2.52. The number of aliphatic hydroxyl groups is 1. The highest BCUT2D eigenvalue weighted by Gasteiger charge is 2.21. The number of rotatable bonds is 4. The maximum atomic E-state index is 14.2. The van der Waals surface area contributed by atoms with E-state index in [4.69, 9.17) is 32.7 Å². The van der Waals surface area contributed by atoms with Crippen molar-refractivity contribution in [2.24, 2.45) is 0 Å². The molecule has 0 aliphatic carbocycles. The highest BCUT2D eigenvalue weighted by molar-refractivity contribution is 6.33. The Morgan fingerprint density at radius 3 is 2.24 bits per heavy atom. The van der Waals surface area contributed by atoms with Crippen LogP contribution >= 0.6 is 23.2 Å². The summed E-state index contributed by atoms with van der Waals surface area (Å²) in [4.78, 5) is 0. The maximum Gasteiger partial charge on any atom is 0.163 e. The topological polar surface area (TPSA) is 38.7 Å². The number of aliphatic hydroxyl groups excluding tert-OH is 1. The van der Waals surface area contributed by atoms with E-state index in [0.717, 1.165) is 6.07 Å². The first kappa shape index (κ1) is 15.9. The molecule has 0 saturated carbocycles. The number of benzene rings is 2. The van der Waals surface area contributed by atoms with Crippen LogP contribution in [0.25, 0.3) is 0 Å². The van der Waals surface area contributed by atoms with E-state index < -0.39 is 11.9 Å². The SMILES string of the molecule is COc1cc(F)c(C(O)c2cc(Cl)ccc2Cl)cc1OC. The molecular weight excluding hydrogens is 318 g/mol. The summed E-state index contributed by atoms with van der Waals surface area (Å²) in [5.74, 6) is -0.0783. The predicted octanol–water partition coefficient (Wildman–Crippen LogP) is 4.23. The Hall–Kier alpha value is -1.49. The molecule has 0 amide bonds. The molecule has 0 bridgehead atoms. The molecule has 0 aliphatic rings. The number of hydrogen-bond donors (Lipinski definition) is 1. The van der Waals surface area contributed by atoms with Crippen molar-refractivity contribution in [1.29, 1.82) is 0 Å². The van der Waals surface area contributed by atoms with Crippen molar-refractivity contribution in [2.75, 3.05) is 14.2 Å². The lowest BCUT2D eigenvalue weighted by Gasteiger charge is -2.17. The van der Waals surface area contributed by atoms with Gasteiger partial charge in [0.1, 0.15) is 11.9 Å². The second-order valence-corrected chi connectivity index (χ2v) is 5.14. The molecule has 21 heavy (non-hydrogen) atoms. The van der Waals surface area contributed by atoms with Gasteiger partial charge in [-0.2, -0.15) is 0 Å². The van der Waals surface area contributed by atoms with Crippen molar-refractivity contribution in [3.63, 3.8) is 0 Å². The van der Waals surface area contributed by atoms with E-state index in [1.165, 1.54) is 26.4 Å². The van der Waals surface area contributed by atoms with Crippen LogP contribution in [0.4, 0.5) is 4.39 Å². The van der Waals surface area contributed by atoms with Crippen LogP contribution in [0.5, 0.6) is 11.5 Å². The molecule has 0 saturated heterocycles. The minimum absolute atomic E-state index is 0.0248. The summed E-state index contributed by atoms with van der Waals surface area (Å²) < 4.78 is 24.3. The summed E-state index contributed by atoms with van der Waals surface area (Å²) in [6, 6.07) is 7.14. The molecule has 0 spiro atoms. The fraction of sp³-hybridized carbons (Fsp3) is 0.200. The second-order valence-electron chi connectivity index (χ2n) is 4.30. The molecule has 112 valence electrons. The summed E-state index contributed by atoms with van der Waals surface area (Å²) in [5, 5.41) is 11.1. The highest BCUT2D eigenvalue weighted by Crippen LogP contribution is 2.37. The van der Waals surface area contributed by atoms with Crippen molar-refractivity contribution in [3.05, 3.63) is 57.3 Å². The van der Waals surface area contributed by atoms with Crippen LogP contribution in [0.2, 0.25) is 10.0 Å². The molecule has 3 nitrogen and oxygen atoms in total. The molecule has 0 heterocycles. The van der Waals surface area contributed by atoms with Crippen molar-refractivity contribution < 1.29 is 19.0 Å². The van der Waals surface area contributed by atoms with Gasteiger partial charge in [-0.15, -0.1) is 0 Å². The Bertz CT molecular complexity index is 662. The highest BCUT2D eigenvalue weighted by atomic mass is 35.5. The van der Waals surface area contributed by atoms with E-state index in [1.54, 1.807) is 12.1 Å². The molecule has 0 aromatic heterocycles. The summed E-state index contributed by atoms with van der Waals surface area (Å²) in [5.41, 5.74) is 0.340. The molecule has 6 heteroatoms. The summed E-state index contributed by atoms with van der Waals surface area (Å²) in [6.45, 7) is 0. The molecule has 1 N–H and O–H groups in total. The van der Waals surface area contributed by atoms with Crippen LogP contribution in [0.3, 0.4) is 0 Å². The van der Waals surface area contributed by atoms with Gasteiger partial charge in [-0.25, -0.2) is 4.39 Å². The van der Waals surface area contributed by atoms with E-state index >= 15 is 0 Å². The van der Waals surface area contributed by atoms with Crippen LogP contribution < -0.4 is 9.47 Å². The first-order chi connectivity index (χ1) is 9.97. The normalized spacial score (nSPS) is 12.1. The standard InChI is InChI=1S/C15H13Cl2FO3/c1-20-13-6-10(12(18)7-14(13)21-2)15(19)9-5-8(16)3-4-11(9)17/h3-7,15,19H,1-2H3. The van der Waals surface area contributed by atoms with Gasteiger partial charge in [-0.3, -0.25) is 0 Å². The number of halogens is 3. The zero-order valence-electron chi connectivity index (χ0n) is 11.4. The van der Waals surface area contributed by atoms with Gasteiger partial charge in [0.25, 0.3) is 0 Å². The first-order valence-corrected chi connectivity index (χ1v) is 6.78. The zero-order valence-corrected chi connectivity index (χ0v) is 12.9. The van der Waals surface area contributed by atoms with Gasteiger partial charge in [-0.05, 0) is 24.3 Å². The molecule has 2 aromatic carbocycles. The van der Waals surface area contributed by atoms with Gasteiger partial charge in [0.05, 0.1) is 14.2 Å². The lowest BCUT2D eigenvalue weighted by Crippen LogP contribution is -2.05. The van der Waals surface area contributed by atoms with Crippen molar-refractivity contribution >= 4 is 23.2 Å². The van der Waals surface area contributed by atoms with Crippen LogP contribution in [0.1, 0.15) is 17.2 Å². The number of ether oxygens (including phenoxy) is 2. The van der Waals surface area contributed by atoms with E-state index in [1.807, 2.05) is 0 Å². The summed E-state index contributed by atoms with van der Waals surface area (Å²) >= 11 is 11.9. The molecule has 1 atom stereocenters. The lowest BCUT2D eigenvalue weighted by molar-refractivity contribution is 0.214. The Labute approximate surface area is 131 Å². The maximum absolute atomic E-state index is 14.2. The minimum atomic E-state index is -1.27. The second kappa shape index (κ2) is 6.52. The molecule has 2 aromatic rings. The predicted molar refractivity (Wildman–Crippen MR) is 80.0 cm³/mol. The first-order valence-electron chi connectivity index (χ1n) is 6.02. The monoisotopic (exact) mass is 330 g/mol. The number of methoxy groups -OCH3 is 2. The summed E-state index contributed by atoms with van der Waals surface area (Å²) in [6.07, 6.45) is -1.27. The summed E-state index contributed by atoms with van der Waals surface area (Å²) in [7, 11) is 2.83. The molecular formula is C15H13Cl2FO3. The fourth-order valence-corrected chi connectivity index (χ4v) is 2.37. The molecule has 0 fully saturated rings. The van der Waals surface area contributed by atoms with E-state index in [2.05, 4.69) is 0 Å². The van der Waals surface area contributed by atoms with Crippen molar-refractivity contribution in [2.45, 2.75) is 6.10 Å². The number of hydrogen-bond acceptors (Lipinski definition) is 3. The van der Waals surface area contributed by atoms with Crippen molar-refractivity contribution in [3.8, 4) is 11.5 Å². The molecule has 0 aliphatic heterocycles. The Morgan fingerprint density at radius 2 is 1.62 bits per heavy atom. The van der Waals surface area contributed by atoms with Gasteiger partial charge in [0, 0.05) is 27.2 Å². The van der Waals surface area contributed by atoms with E-state index in [-0.39, 0.29) is 11.3 Å². The van der Waals surface area contributed by atoms with Crippen LogP contribution in [0.15, 0.2) is 30.3 Å². The van der Waals surface area contributed by atoms with E-state index in [9.17, 15) is 9.50 Å². The lowest BCUT2D eigenvalue weighted by atomic mass is 10.0. The Morgan fingerprint density at radius 1 is 1.00 bits per heavy atom. The van der Waals surface area contributed by atoms with Gasteiger partial charge >= 0.3 is 0 Å². The zero-order chi connectivity index (χ0) is 15.6. The van der Waals surface area contributed by atoms with Crippen LogP contribution in [0, 0.1) is 5.82 Å². The van der Waals surface area contributed by atoms with Gasteiger partial charge in [0.2, 0.25) is 0 Å². The van der Waals surface area contributed by atoms with Crippen LogP contribution in [-0.4, -0.2) is 19.3 Å². The smallest absolute Gasteiger partial charge is 0.163 e. The van der Waals surface area contributed by atoms with Gasteiger partial charge in [-0.1, -0.05) is 23.2 Å². The van der Waals surface area contributed by atoms with E-state index in [0.29, 0.717) is 21.4 Å².